The van der Waals surface area contributed by atoms with Gasteiger partial charge in [0.25, 0.3) is 0 Å². The van der Waals surface area contributed by atoms with Gasteiger partial charge in [-0.3, -0.25) is 0 Å². The van der Waals surface area contributed by atoms with E-state index in [1.807, 2.05) is 0 Å². The third kappa shape index (κ3) is 1.61. The van der Waals surface area contributed by atoms with Crippen LogP contribution in [0, 0.1) is 6.92 Å². The summed E-state index contributed by atoms with van der Waals surface area (Å²) in [5.74, 6) is 0. The molecule has 84 valence electrons. The second-order valence-corrected chi connectivity index (χ2v) is 5.98. The van der Waals surface area contributed by atoms with Gasteiger partial charge in [-0.2, -0.15) is 11.3 Å². The lowest BCUT2D eigenvalue weighted by atomic mass is 10.0. The minimum atomic E-state index is -0.283. The van der Waals surface area contributed by atoms with Crippen LogP contribution in [0.25, 0.3) is 10.6 Å². The average molecular weight is 251 g/mol. The van der Waals surface area contributed by atoms with Gasteiger partial charge in [0.15, 0.2) is 0 Å². The Hall–Kier alpha value is -0.710. The minimum absolute atomic E-state index is 0.283. The van der Waals surface area contributed by atoms with E-state index >= 15 is 0 Å². The summed E-state index contributed by atoms with van der Waals surface area (Å²) in [6.45, 7) is 2.11. The zero-order valence-corrected chi connectivity index (χ0v) is 10.7. The van der Waals surface area contributed by atoms with Crippen molar-refractivity contribution in [1.29, 1.82) is 0 Å². The summed E-state index contributed by atoms with van der Waals surface area (Å²) in [5.41, 5.74) is 3.63. The maximum absolute atomic E-state index is 9.91. The number of thiazole rings is 1. The van der Waals surface area contributed by atoms with Gasteiger partial charge in [-0.25, -0.2) is 4.98 Å². The molecule has 0 saturated heterocycles. The maximum atomic E-state index is 9.91. The van der Waals surface area contributed by atoms with Crippen LogP contribution in [-0.4, -0.2) is 10.1 Å². The SMILES string of the molecule is Cc1cscc1-c1nc2c(s1)C(O)CCC2. The van der Waals surface area contributed by atoms with Crippen molar-refractivity contribution in [2.45, 2.75) is 32.3 Å². The predicted molar refractivity (Wildman–Crippen MR) is 68.1 cm³/mol. The maximum Gasteiger partial charge on any atom is 0.125 e. The molecule has 16 heavy (non-hydrogen) atoms. The monoisotopic (exact) mass is 251 g/mol. The summed E-state index contributed by atoms with van der Waals surface area (Å²) >= 11 is 3.37. The molecule has 0 aliphatic heterocycles. The number of nitrogens with zero attached hydrogens (tertiary/aromatic N) is 1. The fourth-order valence-electron chi connectivity index (χ4n) is 2.09. The van der Waals surface area contributed by atoms with Crippen molar-refractivity contribution in [2.75, 3.05) is 0 Å². The van der Waals surface area contributed by atoms with Crippen LogP contribution < -0.4 is 0 Å². The molecule has 1 unspecified atom stereocenters. The summed E-state index contributed by atoms with van der Waals surface area (Å²) in [6.07, 6.45) is 2.68. The van der Waals surface area contributed by atoms with E-state index in [9.17, 15) is 5.11 Å². The Balaban J connectivity index is 2.08. The van der Waals surface area contributed by atoms with Crippen LogP contribution in [0.1, 0.15) is 35.1 Å². The van der Waals surface area contributed by atoms with E-state index in [0.717, 1.165) is 34.8 Å². The van der Waals surface area contributed by atoms with Crippen molar-refractivity contribution in [3.8, 4) is 10.6 Å². The first kappa shape index (κ1) is 10.4. The van der Waals surface area contributed by atoms with Crippen molar-refractivity contribution in [1.82, 2.24) is 4.98 Å². The third-order valence-corrected chi connectivity index (χ3v) is 5.10. The molecule has 1 N–H and O–H groups in total. The minimum Gasteiger partial charge on any atom is -0.388 e. The fourth-order valence-corrected chi connectivity index (χ4v) is 4.21. The second-order valence-electron chi connectivity index (χ2n) is 4.21. The number of hydrogen-bond donors (Lipinski definition) is 1. The summed E-state index contributed by atoms with van der Waals surface area (Å²) in [6, 6.07) is 0. The highest BCUT2D eigenvalue weighted by Crippen LogP contribution is 2.39. The van der Waals surface area contributed by atoms with Gasteiger partial charge >= 0.3 is 0 Å². The molecule has 0 fully saturated rings. The highest BCUT2D eigenvalue weighted by molar-refractivity contribution is 7.15. The molecule has 0 bridgehead atoms. The Bertz CT molecular complexity index is 515. The van der Waals surface area contributed by atoms with Crippen molar-refractivity contribution >= 4 is 22.7 Å². The number of aromatic nitrogens is 1. The predicted octanol–water partition coefficient (Wildman–Crippen LogP) is 3.55. The molecule has 2 aromatic rings. The van der Waals surface area contributed by atoms with Gasteiger partial charge < -0.3 is 5.11 Å². The lowest BCUT2D eigenvalue weighted by molar-refractivity contribution is 0.160. The van der Waals surface area contributed by atoms with Crippen LogP contribution in [-0.2, 0) is 6.42 Å². The largest absolute Gasteiger partial charge is 0.388 e. The Kier molecular flexibility index (Phi) is 2.58. The van der Waals surface area contributed by atoms with Gasteiger partial charge in [-0.05, 0) is 37.1 Å². The molecule has 0 radical (unpaired) electrons. The number of fused-ring (bicyclic) bond motifs is 1. The van der Waals surface area contributed by atoms with Gasteiger partial charge in [0.05, 0.1) is 16.7 Å². The fraction of sp³-hybridized carbons (Fsp3) is 0.417. The van der Waals surface area contributed by atoms with E-state index in [1.165, 1.54) is 11.1 Å². The van der Waals surface area contributed by atoms with Crippen LogP contribution in [0.15, 0.2) is 10.8 Å². The van der Waals surface area contributed by atoms with Gasteiger partial charge in [-0.15, -0.1) is 11.3 Å². The van der Waals surface area contributed by atoms with E-state index in [1.54, 1.807) is 22.7 Å². The molecule has 0 aromatic carbocycles. The van der Waals surface area contributed by atoms with Crippen molar-refractivity contribution in [3.63, 3.8) is 0 Å². The second kappa shape index (κ2) is 3.95. The number of aliphatic hydroxyl groups excluding tert-OH is 1. The molecular formula is C12H13NOS2. The Labute approximate surface area is 103 Å². The Morgan fingerprint density at radius 3 is 3.00 bits per heavy atom. The highest BCUT2D eigenvalue weighted by atomic mass is 32.1. The van der Waals surface area contributed by atoms with Gasteiger partial charge in [-0.1, -0.05) is 0 Å². The molecule has 1 atom stereocenters. The first-order chi connectivity index (χ1) is 7.75. The number of rotatable bonds is 1. The van der Waals surface area contributed by atoms with E-state index in [2.05, 4.69) is 22.7 Å². The quantitative estimate of drug-likeness (QED) is 0.840. The summed E-state index contributed by atoms with van der Waals surface area (Å²) < 4.78 is 0. The molecule has 2 nitrogen and oxygen atoms in total. The number of aliphatic hydroxyl groups is 1. The number of thiophene rings is 1. The molecular weight excluding hydrogens is 238 g/mol. The van der Waals surface area contributed by atoms with Crippen LogP contribution in [0.4, 0.5) is 0 Å². The Morgan fingerprint density at radius 1 is 1.44 bits per heavy atom. The van der Waals surface area contributed by atoms with Crippen LogP contribution in [0.2, 0.25) is 0 Å². The first-order valence-electron chi connectivity index (χ1n) is 5.46. The zero-order chi connectivity index (χ0) is 11.1. The molecule has 0 spiro atoms. The van der Waals surface area contributed by atoms with E-state index < -0.39 is 0 Å². The summed E-state index contributed by atoms with van der Waals surface area (Å²) in [5, 5.41) is 15.3. The third-order valence-electron chi connectivity index (χ3n) is 3.01. The molecule has 4 heteroatoms. The average Bonchev–Trinajstić information content (AvgIpc) is 2.84. The zero-order valence-electron chi connectivity index (χ0n) is 9.06. The number of aryl methyl sites for hydroxylation is 2. The molecule has 0 saturated carbocycles. The summed E-state index contributed by atoms with van der Waals surface area (Å²) in [4.78, 5) is 5.76. The normalized spacial score (nSPS) is 19.8. The van der Waals surface area contributed by atoms with Gasteiger partial charge in [0, 0.05) is 10.9 Å². The molecule has 1 aliphatic rings. The van der Waals surface area contributed by atoms with E-state index in [0.29, 0.717) is 0 Å². The number of hydrogen-bond acceptors (Lipinski definition) is 4. The van der Waals surface area contributed by atoms with Gasteiger partial charge in [0.2, 0.25) is 0 Å². The van der Waals surface area contributed by atoms with Crippen molar-refractivity contribution < 1.29 is 5.11 Å². The molecule has 1 aliphatic carbocycles. The molecule has 2 heterocycles. The highest BCUT2D eigenvalue weighted by Gasteiger charge is 2.23. The topological polar surface area (TPSA) is 33.1 Å². The van der Waals surface area contributed by atoms with Crippen molar-refractivity contribution in [3.05, 3.63) is 26.9 Å². The van der Waals surface area contributed by atoms with Crippen LogP contribution >= 0.6 is 22.7 Å². The first-order valence-corrected chi connectivity index (χ1v) is 7.22. The molecule has 2 aromatic heterocycles. The molecule has 0 amide bonds. The Morgan fingerprint density at radius 2 is 2.31 bits per heavy atom. The molecule has 3 rings (SSSR count). The standard InChI is InChI=1S/C12H13NOS2/c1-7-5-15-6-8(7)12-13-9-3-2-4-10(14)11(9)16-12/h5-6,10,14H,2-4H2,1H3. The smallest absolute Gasteiger partial charge is 0.125 e. The van der Waals surface area contributed by atoms with Gasteiger partial charge in [0.1, 0.15) is 5.01 Å². The van der Waals surface area contributed by atoms with E-state index in [4.69, 9.17) is 0 Å². The lowest BCUT2D eigenvalue weighted by Crippen LogP contribution is -2.06. The summed E-state index contributed by atoms with van der Waals surface area (Å²) in [7, 11) is 0. The van der Waals surface area contributed by atoms with Crippen molar-refractivity contribution in [2.24, 2.45) is 0 Å². The lowest BCUT2D eigenvalue weighted by Gasteiger charge is -2.14. The van der Waals surface area contributed by atoms with Crippen LogP contribution in [0.5, 0.6) is 0 Å². The van der Waals surface area contributed by atoms with Crippen LogP contribution in [0.3, 0.4) is 0 Å². The van der Waals surface area contributed by atoms with E-state index in [-0.39, 0.29) is 6.10 Å².